The van der Waals surface area contributed by atoms with Crippen LogP contribution in [-0.2, 0) is 4.74 Å². The van der Waals surface area contributed by atoms with Crippen LogP contribution in [0.15, 0.2) is 24.3 Å². The Bertz CT molecular complexity index is 439. The predicted octanol–water partition coefficient (Wildman–Crippen LogP) is 4.24. The van der Waals surface area contributed by atoms with E-state index < -0.39 is 0 Å². The molecule has 1 saturated carbocycles. The van der Waals surface area contributed by atoms with Crippen molar-refractivity contribution in [1.29, 1.82) is 0 Å². The average molecular weight is 275 g/mol. The first kappa shape index (κ1) is 14.9. The van der Waals surface area contributed by atoms with Gasteiger partial charge in [0.2, 0.25) is 0 Å². The maximum Gasteiger partial charge on any atom is 0.338 e. The second kappa shape index (κ2) is 6.78. The fourth-order valence-corrected chi connectivity index (χ4v) is 2.79. The van der Waals surface area contributed by atoms with Crippen molar-refractivity contribution in [1.82, 2.24) is 0 Å². The molecule has 1 aliphatic rings. The van der Waals surface area contributed by atoms with Crippen LogP contribution in [0.25, 0.3) is 0 Å². The lowest BCUT2D eigenvalue weighted by atomic mass is 9.87. The third-order valence-electron chi connectivity index (χ3n) is 3.77. The molecule has 0 aliphatic heterocycles. The Kier molecular flexibility index (Phi) is 5.05. The molecule has 0 radical (unpaired) electrons. The van der Waals surface area contributed by atoms with E-state index in [1.165, 1.54) is 25.7 Å². The van der Waals surface area contributed by atoms with E-state index in [1.54, 1.807) is 0 Å². The molecule has 20 heavy (non-hydrogen) atoms. The van der Waals surface area contributed by atoms with Crippen LogP contribution in [-0.4, -0.2) is 18.1 Å². The highest BCUT2D eigenvalue weighted by molar-refractivity contribution is 5.89. The van der Waals surface area contributed by atoms with Gasteiger partial charge < -0.3 is 10.1 Å². The van der Waals surface area contributed by atoms with Crippen molar-refractivity contribution in [3.63, 3.8) is 0 Å². The van der Waals surface area contributed by atoms with Gasteiger partial charge in [0.15, 0.2) is 0 Å². The Morgan fingerprint density at radius 2 is 1.95 bits per heavy atom. The van der Waals surface area contributed by atoms with E-state index in [-0.39, 0.29) is 12.1 Å². The second-order valence-corrected chi connectivity index (χ2v) is 6.14. The summed E-state index contributed by atoms with van der Waals surface area (Å²) >= 11 is 0. The van der Waals surface area contributed by atoms with Crippen molar-refractivity contribution < 1.29 is 9.53 Å². The lowest BCUT2D eigenvalue weighted by Gasteiger charge is -2.28. The molecule has 1 N–H and O–H groups in total. The summed E-state index contributed by atoms with van der Waals surface area (Å²) in [5.74, 6) is 0.555. The number of benzene rings is 1. The number of nitrogens with one attached hydrogen (secondary N) is 1. The number of ether oxygens (including phenoxy) is 1. The lowest BCUT2D eigenvalue weighted by Crippen LogP contribution is -2.26. The van der Waals surface area contributed by atoms with Crippen LogP contribution in [0.2, 0.25) is 0 Å². The molecular weight excluding hydrogens is 250 g/mol. The minimum absolute atomic E-state index is 0.0796. The number of rotatable bonds is 4. The molecule has 0 amide bonds. The van der Waals surface area contributed by atoms with Gasteiger partial charge in [0.25, 0.3) is 0 Å². The minimum Gasteiger partial charge on any atom is -0.459 e. The molecule has 1 aliphatic carbocycles. The van der Waals surface area contributed by atoms with E-state index in [0.29, 0.717) is 11.6 Å². The molecule has 0 spiro atoms. The van der Waals surface area contributed by atoms with Gasteiger partial charge in [0.1, 0.15) is 0 Å². The zero-order chi connectivity index (χ0) is 14.5. The van der Waals surface area contributed by atoms with Crippen LogP contribution in [0.1, 0.15) is 56.8 Å². The van der Waals surface area contributed by atoms with E-state index in [0.717, 1.165) is 11.6 Å². The molecule has 3 heteroatoms. The summed E-state index contributed by atoms with van der Waals surface area (Å²) in [6.45, 7) is 6.04. The number of hydrogen-bond acceptors (Lipinski definition) is 3. The highest BCUT2D eigenvalue weighted by atomic mass is 16.5. The number of carbonyl (C=O) groups is 1. The molecular formula is C17H25NO2. The minimum atomic E-state index is -0.252. The summed E-state index contributed by atoms with van der Waals surface area (Å²) in [4.78, 5) is 11.8. The number of hydrogen-bond donors (Lipinski definition) is 1. The largest absolute Gasteiger partial charge is 0.459 e. The summed E-state index contributed by atoms with van der Waals surface area (Å²) in [6.07, 6.45) is 5.04. The smallest absolute Gasteiger partial charge is 0.338 e. The average Bonchev–Trinajstić information content (AvgIpc) is 2.38. The van der Waals surface area contributed by atoms with Crippen molar-refractivity contribution in [3.8, 4) is 0 Å². The van der Waals surface area contributed by atoms with Crippen molar-refractivity contribution in [3.05, 3.63) is 29.8 Å². The Balaban J connectivity index is 1.92. The normalized spacial score (nSPS) is 22.6. The number of anilines is 1. The van der Waals surface area contributed by atoms with E-state index in [2.05, 4.69) is 12.2 Å². The van der Waals surface area contributed by atoms with Crippen LogP contribution in [0.4, 0.5) is 5.69 Å². The Morgan fingerprint density at radius 3 is 2.55 bits per heavy atom. The zero-order valence-electron chi connectivity index (χ0n) is 12.7. The summed E-state index contributed by atoms with van der Waals surface area (Å²) in [5.41, 5.74) is 1.70. The fraction of sp³-hybridized carbons (Fsp3) is 0.588. The third kappa shape index (κ3) is 4.26. The Labute approximate surface area is 121 Å². The van der Waals surface area contributed by atoms with Gasteiger partial charge in [-0.3, -0.25) is 0 Å². The van der Waals surface area contributed by atoms with Crippen LogP contribution >= 0.6 is 0 Å². The quantitative estimate of drug-likeness (QED) is 0.835. The van der Waals surface area contributed by atoms with Gasteiger partial charge >= 0.3 is 5.97 Å². The molecule has 2 rings (SSSR count). The number of carbonyl (C=O) groups excluding carboxylic acids is 1. The first-order valence-electron chi connectivity index (χ1n) is 7.62. The lowest BCUT2D eigenvalue weighted by molar-refractivity contribution is 0.0378. The summed E-state index contributed by atoms with van der Waals surface area (Å²) in [6, 6.07) is 8.16. The van der Waals surface area contributed by atoms with Crippen molar-refractivity contribution in [2.75, 3.05) is 5.32 Å². The van der Waals surface area contributed by atoms with E-state index in [4.69, 9.17) is 4.74 Å². The summed E-state index contributed by atoms with van der Waals surface area (Å²) < 4.78 is 5.18. The molecule has 2 unspecified atom stereocenters. The molecule has 1 aromatic carbocycles. The molecule has 1 aromatic rings. The topological polar surface area (TPSA) is 38.3 Å². The van der Waals surface area contributed by atoms with Gasteiger partial charge in [-0.25, -0.2) is 4.79 Å². The van der Waals surface area contributed by atoms with Gasteiger partial charge in [-0.05, 0) is 56.9 Å². The first-order chi connectivity index (χ1) is 9.54. The van der Waals surface area contributed by atoms with Gasteiger partial charge in [-0.2, -0.15) is 0 Å². The van der Waals surface area contributed by atoms with Gasteiger partial charge in [-0.15, -0.1) is 0 Å². The maximum atomic E-state index is 11.8. The standard InChI is InChI=1S/C17H25NO2/c1-12(2)20-17(19)14-7-9-15(10-8-14)18-16-6-4-5-13(3)11-16/h7-10,12-13,16,18H,4-6,11H2,1-3H3. The molecule has 0 saturated heterocycles. The third-order valence-corrected chi connectivity index (χ3v) is 3.77. The summed E-state index contributed by atoms with van der Waals surface area (Å²) in [5, 5.41) is 3.57. The van der Waals surface area contributed by atoms with Crippen molar-refractivity contribution in [2.45, 2.75) is 58.6 Å². The van der Waals surface area contributed by atoms with Crippen LogP contribution in [0.5, 0.6) is 0 Å². The fourth-order valence-electron chi connectivity index (χ4n) is 2.79. The molecule has 0 aromatic heterocycles. The molecule has 1 fully saturated rings. The van der Waals surface area contributed by atoms with Gasteiger partial charge in [0, 0.05) is 11.7 Å². The molecule has 0 bridgehead atoms. The van der Waals surface area contributed by atoms with Crippen LogP contribution in [0.3, 0.4) is 0 Å². The molecule has 0 heterocycles. The number of esters is 1. The van der Waals surface area contributed by atoms with Crippen molar-refractivity contribution >= 4 is 11.7 Å². The molecule has 3 nitrogen and oxygen atoms in total. The van der Waals surface area contributed by atoms with Crippen LogP contribution < -0.4 is 5.32 Å². The Hall–Kier alpha value is -1.51. The predicted molar refractivity (Wildman–Crippen MR) is 82.0 cm³/mol. The summed E-state index contributed by atoms with van der Waals surface area (Å²) in [7, 11) is 0. The highest BCUT2D eigenvalue weighted by Gasteiger charge is 2.18. The monoisotopic (exact) mass is 275 g/mol. The SMILES string of the molecule is CC1CCCC(Nc2ccc(C(=O)OC(C)C)cc2)C1. The molecule has 2 atom stereocenters. The maximum absolute atomic E-state index is 11.8. The van der Waals surface area contributed by atoms with E-state index in [9.17, 15) is 4.79 Å². The first-order valence-corrected chi connectivity index (χ1v) is 7.62. The van der Waals surface area contributed by atoms with Gasteiger partial charge in [-0.1, -0.05) is 19.8 Å². The van der Waals surface area contributed by atoms with Crippen LogP contribution in [0, 0.1) is 5.92 Å². The van der Waals surface area contributed by atoms with Crippen molar-refractivity contribution in [2.24, 2.45) is 5.92 Å². The second-order valence-electron chi connectivity index (χ2n) is 6.14. The van der Waals surface area contributed by atoms with Gasteiger partial charge in [0.05, 0.1) is 11.7 Å². The zero-order valence-corrected chi connectivity index (χ0v) is 12.7. The highest BCUT2D eigenvalue weighted by Crippen LogP contribution is 2.26. The van der Waals surface area contributed by atoms with E-state index >= 15 is 0 Å². The molecule has 110 valence electrons. The Morgan fingerprint density at radius 1 is 1.25 bits per heavy atom. The van der Waals surface area contributed by atoms with E-state index in [1.807, 2.05) is 38.1 Å².